The summed E-state index contributed by atoms with van der Waals surface area (Å²) in [6.07, 6.45) is 1.41. The van der Waals surface area contributed by atoms with E-state index in [9.17, 15) is 14.4 Å². The lowest BCUT2D eigenvalue weighted by Crippen LogP contribution is -2.39. The first kappa shape index (κ1) is 10.9. The number of hydrogen-bond acceptors (Lipinski definition) is 3. The molecule has 2 heterocycles. The molecule has 0 spiro atoms. The van der Waals surface area contributed by atoms with Gasteiger partial charge in [0.25, 0.3) is 5.56 Å². The molecule has 0 bridgehead atoms. The van der Waals surface area contributed by atoms with Crippen molar-refractivity contribution in [2.45, 2.75) is 0 Å². The van der Waals surface area contributed by atoms with Crippen LogP contribution in [0.15, 0.2) is 25.1 Å². The highest BCUT2D eigenvalue weighted by Gasteiger charge is 2.13. The Morgan fingerprint density at radius 2 is 1.81 bits per heavy atom. The van der Waals surface area contributed by atoms with Crippen LogP contribution >= 0.6 is 15.9 Å². The van der Waals surface area contributed by atoms with Crippen LogP contribution in [0.1, 0.15) is 0 Å². The third-order valence-electron chi connectivity index (χ3n) is 2.44. The highest BCUT2D eigenvalue weighted by Crippen LogP contribution is 2.05. The first-order valence-corrected chi connectivity index (χ1v) is 5.21. The summed E-state index contributed by atoms with van der Waals surface area (Å²) in [5.41, 5.74) is -1.28. The molecule has 0 fully saturated rings. The summed E-state index contributed by atoms with van der Waals surface area (Å²) in [7, 11) is 2.83. The van der Waals surface area contributed by atoms with Crippen LogP contribution in [0, 0.1) is 0 Å². The zero-order valence-corrected chi connectivity index (χ0v) is 10.2. The molecule has 2 aromatic heterocycles. The van der Waals surface area contributed by atoms with Gasteiger partial charge in [-0.15, -0.1) is 0 Å². The second-order valence-corrected chi connectivity index (χ2v) is 4.25. The molecule has 0 aliphatic rings. The molecular weight excluding hydrogens is 278 g/mol. The van der Waals surface area contributed by atoms with Crippen LogP contribution in [-0.2, 0) is 14.1 Å². The predicted octanol–water partition coefficient (Wildman–Crippen LogP) is -0.312. The number of hydrogen-bond donors (Lipinski definition) is 1. The van der Waals surface area contributed by atoms with Crippen LogP contribution < -0.4 is 16.7 Å². The van der Waals surface area contributed by atoms with Crippen molar-refractivity contribution in [3.63, 3.8) is 0 Å². The minimum Gasteiger partial charge on any atom is -0.346 e. The Bertz CT molecular complexity index is 753. The van der Waals surface area contributed by atoms with Crippen LogP contribution in [0.5, 0.6) is 0 Å². The van der Waals surface area contributed by atoms with Gasteiger partial charge in [-0.25, -0.2) is 4.79 Å². The summed E-state index contributed by atoms with van der Waals surface area (Å²) in [5, 5.41) is -0.0287. The first-order chi connectivity index (χ1) is 7.45. The van der Waals surface area contributed by atoms with E-state index in [1.54, 1.807) is 0 Å². The van der Waals surface area contributed by atoms with E-state index in [1.165, 1.54) is 24.9 Å². The smallest absolute Gasteiger partial charge is 0.332 e. The number of H-pyrrole nitrogens is 1. The van der Waals surface area contributed by atoms with Gasteiger partial charge in [-0.05, 0) is 15.9 Å². The fourth-order valence-corrected chi connectivity index (χ4v) is 1.85. The molecule has 0 atom stereocenters. The van der Waals surface area contributed by atoms with Crippen molar-refractivity contribution in [2.24, 2.45) is 14.1 Å². The molecule has 0 unspecified atom stereocenters. The Hall–Kier alpha value is -1.63. The van der Waals surface area contributed by atoms with E-state index in [0.29, 0.717) is 0 Å². The Balaban J connectivity index is 3.30. The molecule has 0 saturated heterocycles. The highest BCUT2D eigenvalue weighted by molar-refractivity contribution is 9.10. The van der Waals surface area contributed by atoms with Gasteiger partial charge in [0.15, 0.2) is 0 Å². The summed E-state index contributed by atoms with van der Waals surface area (Å²) in [4.78, 5) is 37.9. The van der Waals surface area contributed by atoms with Crippen molar-refractivity contribution >= 4 is 27.0 Å². The molecule has 0 radical (unpaired) electrons. The van der Waals surface area contributed by atoms with E-state index < -0.39 is 16.7 Å². The number of aromatic nitrogens is 3. The van der Waals surface area contributed by atoms with Crippen molar-refractivity contribution in [3.05, 3.63) is 41.7 Å². The van der Waals surface area contributed by atoms with Crippen molar-refractivity contribution in [1.82, 2.24) is 14.1 Å². The van der Waals surface area contributed by atoms with Gasteiger partial charge in [0.2, 0.25) is 5.43 Å². The van der Waals surface area contributed by atoms with Crippen molar-refractivity contribution in [3.8, 4) is 0 Å². The number of pyridine rings is 1. The highest BCUT2D eigenvalue weighted by atomic mass is 79.9. The lowest BCUT2D eigenvalue weighted by Gasteiger charge is -2.06. The number of nitrogens with one attached hydrogen (secondary N) is 1. The van der Waals surface area contributed by atoms with E-state index in [2.05, 4.69) is 20.9 Å². The lowest BCUT2D eigenvalue weighted by molar-refractivity contribution is 0.706. The van der Waals surface area contributed by atoms with Gasteiger partial charge in [-0.3, -0.25) is 18.7 Å². The van der Waals surface area contributed by atoms with Crippen LogP contribution in [0.3, 0.4) is 0 Å². The predicted molar refractivity (Wildman–Crippen MR) is 62.8 cm³/mol. The largest absolute Gasteiger partial charge is 0.346 e. The first-order valence-electron chi connectivity index (χ1n) is 4.42. The number of halogens is 1. The van der Waals surface area contributed by atoms with Crippen LogP contribution in [0.4, 0.5) is 0 Å². The number of fused-ring (bicyclic) bond motifs is 1. The minimum atomic E-state index is -0.597. The maximum atomic E-state index is 11.8. The molecule has 2 aromatic rings. The van der Waals surface area contributed by atoms with Gasteiger partial charge >= 0.3 is 5.69 Å². The molecule has 2 rings (SSSR count). The third kappa shape index (κ3) is 1.28. The van der Waals surface area contributed by atoms with Gasteiger partial charge in [-0.1, -0.05) is 0 Å². The lowest BCUT2D eigenvalue weighted by atomic mass is 10.3. The minimum absolute atomic E-state index is 0.0287. The average Bonchev–Trinajstić information content (AvgIpc) is 2.27. The fourth-order valence-electron chi connectivity index (χ4n) is 1.53. The molecule has 0 saturated carbocycles. The summed E-state index contributed by atoms with van der Waals surface area (Å²) in [6, 6.07) is 0. The van der Waals surface area contributed by atoms with Crippen molar-refractivity contribution < 1.29 is 0 Å². The number of nitrogens with zero attached hydrogens (tertiary/aromatic N) is 2. The maximum Gasteiger partial charge on any atom is 0.332 e. The summed E-state index contributed by atoms with van der Waals surface area (Å²) in [6.45, 7) is 0. The average molecular weight is 286 g/mol. The molecule has 0 aliphatic carbocycles. The quantitative estimate of drug-likeness (QED) is 0.721. The zero-order valence-electron chi connectivity index (χ0n) is 8.57. The van der Waals surface area contributed by atoms with Gasteiger partial charge < -0.3 is 4.98 Å². The van der Waals surface area contributed by atoms with Gasteiger partial charge in [-0.2, -0.15) is 0 Å². The molecule has 0 aliphatic heterocycles. The van der Waals surface area contributed by atoms with E-state index in [0.717, 1.165) is 4.57 Å². The second-order valence-electron chi connectivity index (χ2n) is 3.40. The van der Waals surface area contributed by atoms with Gasteiger partial charge in [0, 0.05) is 20.3 Å². The monoisotopic (exact) mass is 285 g/mol. The van der Waals surface area contributed by atoms with Crippen LogP contribution in [0.2, 0.25) is 0 Å². The number of rotatable bonds is 0. The Labute approximate surface area is 97.3 Å². The molecule has 0 amide bonds. The van der Waals surface area contributed by atoms with E-state index in [-0.39, 0.29) is 15.5 Å². The molecular formula is C9H8BrN3O3. The third-order valence-corrected chi connectivity index (χ3v) is 3.03. The Morgan fingerprint density at radius 3 is 2.44 bits per heavy atom. The summed E-state index contributed by atoms with van der Waals surface area (Å²) < 4.78 is 2.39. The van der Waals surface area contributed by atoms with E-state index >= 15 is 0 Å². The molecule has 6 nitrogen and oxygen atoms in total. The molecule has 16 heavy (non-hydrogen) atoms. The van der Waals surface area contributed by atoms with Crippen LogP contribution in [-0.4, -0.2) is 14.1 Å². The summed E-state index contributed by atoms with van der Waals surface area (Å²) in [5.74, 6) is 0. The molecule has 1 N–H and O–H groups in total. The zero-order chi connectivity index (χ0) is 12.0. The molecule has 7 heteroatoms. The number of aromatic amines is 1. The fraction of sp³-hybridized carbons (Fsp3) is 0.222. The SMILES string of the molecule is Cn1c(=O)c2c(=O)c(Br)c[nH]c2n(C)c1=O. The second kappa shape index (κ2) is 3.44. The Morgan fingerprint density at radius 1 is 1.19 bits per heavy atom. The standard InChI is InChI=1S/C9H8BrN3O3/c1-12-7-5(6(14)4(10)3-11-7)8(15)13(2)9(12)16/h3H,1-2H3,(H,11,14). The van der Waals surface area contributed by atoms with Crippen molar-refractivity contribution in [1.29, 1.82) is 0 Å². The maximum absolute atomic E-state index is 11.8. The van der Waals surface area contributed by atoms with Crippen LogP contribution in [0.25, 0.3) is 11.0 Å². The Kier molecular flexibility index (Phi) is 2.34. The van der Waals surface area contributed by atoms with Crippen molar-refractivity contribution in [2.75, 3.05) is 0 Å². The van der Waals surface area contributed by atoms with Gasteiger partial charge in [0.1, 0.15) is 11.0 Å². The topological polar surface area (TPSA) is 76.9 Å². The van der Waals surface area contributed by atoms with E-state index in [4.69, 9.17) is 0 Å². The van der Waals surface area contributed by atoms with E-state index in [1.807, 2.05) is 0 Å². The normalized spacial score (nSPS) is 10.9. The molecule has 84 valence electrons. The number of aryl methyl sites for hydroxylation is 1. The summed E-state index contributed by atoms with van der Waals surface area (Å²) >= 11 is 3.04. The molecule has 0 aromatic carbocycles. The van der Waals surface area contributed by atoms with Gasteiger partial charge in [0.05, 0.1) is 4.47 Å².